The number of thiocarbonyl (C=S) groups is 1. The third-order valence-corrected chi connectivity index (χ3v) is 7.06. The van der Waals surface area contributed by atoms with Gasteiger partial charge < -0.3 is 10.2 Å². The van der Waals surface area contributed by atoms with Crippen molar-refractivity contribution in [3.05, 3.63) is 100 Å². The maximum atomic E-state index is 12.8. The molecule has 2 atom stereocenters. The number of carbonyl (C=O) groups is 1. The second kappa shape index (κ2) is 8.21. The molecule has 0 saturated heterocycles. The van der Waals surface area contributed by atoms with Crippen molar-refractivity contribution in [2.45, 2.75) is 25.2 Å². The average Bonchev–Trinajstić information content (AvgIpc) is 3.17. The predicted molar refractivity (Wildman–Crippen MR) is 128 cm³/mol. The quantitative estimate of drug-likeness (QED) is 0.357. The molecule has 0 amide bonds. The van der Waals surface area contributed by atoms with Crippen LogP contribution in [0.5, 0.6) is 0 Å². The number of hydrogen-bond donors (Lipinski definition) is 2. The molecule has 1 aromatic heterocycles. The minimum absolute atomic E-state index is 0.414. The second-order valence-corrected chi connectivity index (χ2v) is 9.07. The third kappa shape index (κ3) is 3.62. The number of thiazole rings is 1. The highest BCUT2D eigenvalue weighted by atomic mass is 32.1. The Kier molecular flexibility index (Phi) is 5.60. The fraction of sp³-hybridized carbons (Fsp3) is 0.160. The lowest BCUT2D eigenvalue weighted by molar-refractivity contribution is -0.139. The molecule has 3 aromatic carbocycles. The van der Waals surface area contributed by atoms with Crippen LogP contribution in [-0.2, 0) is 10.2 Å². The number of nitrogens with zero attached hydrogens (tertiary/aromatic N) is 1. The van der Waals surface area contributed by atoms with Gasteiger partial charge in [0.25, 0.3) is 0 Å². The minimum atomic E-state index is -1.52. The van der Waals surface area contributed by atoms with E-state index in [9.17, 15) is 15.0 Å². The van der Waals surface area contributed by atoms with Crippen molar-refractivity contribution in [2.75, 3.05) is 0 Å². The van der Waals surface area contributed by atoms with Gasteiger partial charge in [-0.3, -0.25) is 4.79 Å². The number of rotatable bonds is 6. The zero-order chi connectivity index (χ0) is 22.2. The number of fused-ring (bicyclic) bond motifs is 1. The van der Waals surface area contributed by atoms with Crippen molar-refractivity contribution in [1.29, 1.82) is 0 Å². The molecule has 31 heavy (non-hydrogen) atoms. The monoisotopic (exact) mass is 447 g/mol. The van der Waals surface area contributed by atoms with E-state index in [-0.39, 0.29) is 0 Å². The first-order valence-corrected chi connectivity index (χ1v) is 11.0. The molecular weight excluding hydrogens is 426 g/mol. The van der Waals surface area contributed by atoms with Crippen molar-refractivity contribution < 1.29 is 15.0 Å². The van der Waals surface area contributed by atoms with Gasteiger partial charge in [0.2, 0.25) is 0 Å². The number of benzene rings is 3. The van der Waals surface area contributed by atoms with E-state index >= 15 is 0 Å². The smallest absolute Gasteiger partial charge is 0.312 e. The van der Waals surface area contributed by atoms with Gasteiger partial charge in [0.1, 0.15) is 16.3 Å². The van der Waals surface area contributed by atoms with Crippen molar-refractivity contribution in [1.82, 2.24) is 4.98 Å². The van der Waals surface area contributed by atoms with Crippen molar-refractivity contribution in [2.24, 2.45) is 0 Å². The summed E-state index contributed by atoms with van der Waals surface area (Å²) in [5.74, 6) is -2.24. The Hall–Kier alpha value is -3.09. The SMILES string of the molecule is Cc1ccc(C(C(=O)O)C(C(O)=S)(c2ccc(C)cc2)c2nc3ccccc3s2)cc1. The van der Waals surface area contributed by atoms with Crippen LogP contribution in [0.2, 0.25) is 0 Å². The molecule has 0 saturated carbocycles. The van der Waals surface area contributed by atoms with Gasteiger partial charge in [-0.25, -0.2) is 4.98 Å². The Bertz CT molecular complexity index is 1230. The fourth-order valence-corrected chi connectivity index (χ4v) is 5.55. The van der Waals surface area contributed by atoms with Crippen LogP contribution < -0.4 is 0 Å². The molecule has 0 fully saturated rings. The lowest BCUT2D eigenvalue weighted by atomic mass is 9.68. The number of carboxylic acids is 1. The third-order valence-electron chi connectivity index (χ3n) is 5.57. The number of aryl methyl sites for hydroxylation is 2. The van der Waals surface area contributed by atoms with Crippen LogP contribution in [0.3, 0.4) is 0 Å². The van der Waals surface area contributed by atoms with E-state index in [2.05, 4.69) is 0 Å². The fourth-order valence-electron chi connectivity index (χ4n) is 3.95. The van der Waals surface area contributed by atoms with E-state index in [0.717, 1.165) is 21.3 Å². The lowest BCUT2D eigenvalue weighted by Crippen LogP contribution is -2.45. The average molecular weight is 448 g/mol. The molecule has 0 bridgehead atoms. The summed E-state index contributed by atoms with van der Waals surface area (Å²) < 4.78 is 0.901. The van der Waals surface area contributed by atoms with Crippen LogP contribution in [0.1, 0.15) is 33.2 Å². The zero-order valence-corrected chi connectivity index (χ0v) is 18.7. The highest BCUT2D eigenvalue weighted by Gasteiger charge is 2.53. The summed E-state index contributed by atoms with van der Waals surface area (Å²) >= 11 is 6.76. The van der Waals surface area contributed by atoms with Gasteiger partial charge in [-0.2, -0.15) is 0 Å². The van der Waals surface area contributed by atoms with Gasteiger partial charge in [0.15, 0.2) is 5.05 Å². The normalized spacial score (nSPS) is 14.1. The Balaban J connectivity index is 2.09. The van der Waals surface area contributed by atoms with Crippen LogP contribution in [0.4, 0.5) is 0 Å². The Labute approximate surface area is 189 Å². The molecule has 0 aliphatic carbocycles. The summed E-state index contributed by atoms with van der Waals surface area (Å²) in [6.07, 6.45) is 0. The number of aliphatic carboxylic acids is 1. The molecule has 0 spiro atoms. The molecule has 2 N–H and O–H groups in total. The number of aliphatic hydroxyl groups is 1. The van der Waals surface area contributed by atoms with E-state index in [0.29, 0.717) is 16.1 Å². The molecule has 1 heterocycles. The Morgan fingerprint density at radius 2 is 1.52 bits per heavy atom. The number of aliphatic hydroxyl groups excluding tert-OH is 1. The maximum absolute atomic E-state index is 12.8. The van der Waals surface area contributed by atoms with Crippen LogP contribution in [0.25, 0.3) is 10.2 Å². The van der Waals surface area contributed by atoms with E-state index in [1.54, 1.807) is 12.1 Å². The van der Waals surface area contributed by atoms with E-state index in [1.165, 1.54) is 11.3 Å². The van der Waals surface area contributed by atoms with E-state index < -0.39 is 22.4 Å². The van der Waals surface area contributed by atoms with Crippen molar-refractivity contribution in [3.8, 4) is 0 Å². The van der Waals surface area contributed by atoms with E-state index in [4.69, 9.17) is 17.2 Å². The van der Waals surface area contributed by atoms with Crippen molar-refractivity contribution in [3.63, 3.8) is 0 Å². The minimum Gasteiger partial charge on any atom is -0.501 e. The molecule has 2 unspecified atom stereocenters. The van der Waals surface area contributed by atoms with Crippen LogP contribution in [0, 0.1) is 13.8 Å². The number of hydrogen-bond acceptors (Lipinski definition) is 4. The topological polar surface area (TPSA) is 70.4 Å². The second-order valence-electron chi connectivity index (χ2n) is 7.65. The predicted octanol–water partition coefficient (Wildman–Crippen LogP) is 5.95. The largest absolute Gasteiger partial charge is 0.501 e. The molecule has 0 radical (unpaired) electrons. The summed E-state index contributed by atoms with van der Waals surface area (Å²) in [5, 5.41) is 21.5. The number of aromatic nitrogens is 1. The van der Waals surface area contributed by atoms with Crippen LogP contribution in [0.15, 0.2) is 72.8 Å². The van der Waals surface area contributed by atoms with Gasteiger partial charge in [-0.05, 0) is 49.3 Å². The summed E-state index contributed by atoms with van der Waals surface area (Å²) in [6.45, 7) is 3.89. The highest BCUT2D eigenvalue weighted by molar-refractivity contribution is 7.80. The van der Waals surface area contributed by atoms with Crippen molar-refractivity contribution >= 4 is 44.8 Å². The molecular formula is C25H21NO3S2. The molecule has 6 heteroatoms. The molecule has 4 aromatic rings. The highest BCUT2D eigenvalue weighted by Crippen LogP contribution is 2.48. The zero-order valence-electron chi connectivity index (χ0n) is 17.1. The Morgan fingerprint density at radius 1 is 0.935 bits per heavy atom. The molecule has 0 aliphatic rings. The standard InChI is InChI=1S/C25H21NO3S2/c1-15-7-11-17(12-8-15)21(22(27)28)25(24(29)30,18-13-9-16(2)10-14-18)23-26-19-5-3-4-6-20(19)31-23/h3-14,21H,1-2H3,(H,27,28)(H,29,30). The van der Waals surface area contributed by atoms with Gasteiger partial charge in [-0.15, -0.1) is 11.3 Å². The first-order chi connectivity index (χ1) is 14.8. The van der Waals surface area contributed by atoms with Gasteiger partial charge >= 0.3 is 5.97 Å². The van der Waals surface area contributed by atoms with Gasteiger partial charge in [0.05, 0.1) is 10.2 Å². The summed E-state index contributed by atoms with van der Waals surface area (Å²) in [6, 6.07) is 22.3. The van der Waals surface area contributed by atoms with Gasteiger partial charge in [-0.1, -0.05) is 71.8 Å². The first-order valence-electron chi connectivity index (χ1n) is 9.80. The lowest BCUT2D eigenvalue weighted by Gasteiger charge is -2.36. The first kappa shape index (κ1) is 21.2. The number of para-hydroxylation sites is 1. The Morgan fingerprint density at radius 3 is 2.06 bits per heavy atom. The van der Waals surface area contributed by atoms with Crippen LogP contribution >= 0.6 is 23.6 Å². The molecule has 156 valence electrons. The summed E-state index contributed by atoms with van der Waals surface area (Å²) in [5.41, 5.74) is 2.40. The molecule has 4 nitrogen and oxygen atoms in total. The van der Waals surface area contributed by atoms with E-state index in [1.807, 2.05) is 74.5 Å². The number of carboxylic acid groups (broad SMARTS) is 1. The summed E-state index contributed by atoms with van der Waals surface area (Å²) in [7, 11) is 0. The maximum Gasteiger partial charge on any atom is 0.312 e. The summed E-state index contributed by atoms with van der Waals surface area (Å²) in [4.78, 5) is 17.5. The van der Waals surface area contributed by atoms with Crippen LogP contribution in [-0.4, -0.2) is 26.2 Å². The molecule has 4 rings (SSSR count). The van der Waals surface area contributed by atoms with Gasteiger partial charge in [0, 0.05) is 0 Å². The molecule has 0 aliphatic heterocycles.